The van der Waals surface area contributed by atoms with Gasteiger partial charge in [0.15, 0.2) is 0 Å². The molecular formula is C19H34N2. The predicted octanol–water partition coefficient (Wildman–Crippen LogP) is 4.24. The first-order chi connectivity index (χ1) is 9.72. The minimum atomic E-state index is 0.402. The highest BCUT2D eigenvalue weighted by atomic mass is 15.1. The van der Waals surface area contributed by atoms with Crippen LogP contribution in [0.4, 0.5) is 0 Å². The Balaban J connectivity index is 2.72. The third-order valence-corrected chi connectivity index (χ3v) is 4.48. The summed E-state index contributed by atoms with van der Waals surface area (Å²) >= 11 is 0. The van der Waals surface area contributed by atoms with E-state index in [2.05, 4.69) is 78.0 Å². The molecule has 120 valence electrons. The van der Waals surface area contributed by atoms with Gasteiger partial charge in [-0.2, -0.15) is 0 Å². The van der Waals surface area contributed by atoms with E-state index >= 15 is 0 Å². The second-order valence-electron chi connectivity index (χ2n) is 7.17. The summed E-state index contributed by atoms with van der Waals surface area (Å²) in [5.41, 5.74) is 5.59. The summed E-state index contributed by atoms with van der Waals surface area (Å²) in [6.45, 7) is 14.5. The van der Waals surface area contributed by atoms with Crippen LogP contribution in [0.3, 0.4) is 0 Å². The Morgan fingerprint density at radius 1 is 0.952 bits per heavy atom. The van der Waals surface area contributed by atoms with Crippen LogP contribution in [0.25, 0.3) is 0 Å². The molecule has 0 aliphatic rings. The third kappa shape index (κ3) is 5.44. The normalized spacial score (nSPS) is 14.8. The van der Waals surface area contributed by atoms with E-state index in [1.807, 2.05) is 0 Å². The van der Waals surface area contributed by atoms with Gasteiger partial charge in [0.25, 0.3) is 0 Å². The molecule has 0 radical (unpaired) electrons. The van der Waals surface area contributed by atoms with E-state index in [-0.39, 0.29) is 0 Å². The van der Waals surface area contributed by atoms with Crippen molar-refractivity contribution in [3.8, 4) is 0 Å². The molecule has 0 heterocycles. The number of nitrogens with one attached hydrogen (secondary N) is 1. The lowest BCUT2D eigenvalue weighted by Gasteiger charge is -2.28. The van der Waals surface area contributed by atoms with Crippen LogP contribution < -0.4 is 5.32 Å². The van der Waals surface area contributed by atoms with Gasteiger partial charge in [-0.1, -0.05) is 26.0 Å². The van der Waals surface area contributed by atoms with E-state index in [1.165, 1.54) is 28.7 Å². The van der Waals surface area contributed by atoms with Gasteiger partial charge < -0.3 is 10.2 Å². The summed E-state index contributed by atoms with van der Waals surface area (Å²) in [6, 6.07) is 5.65. The van der Waals surface area contributed by atoms with Gasteiger partial charge in [0.05, 0.1) is 0 Å². The van der Waals surface area contributed by atoms with E-state index in [4.69, 9.17) is 0 Å². The zero-order chi connectivity index (χ0) is 16.2. The Hall–Kier alpha value is -0.860. The third-order valence-electron chi connectivity index (χ3n) is 4.48. The van der Waals surface area contributed by atoms with Crippen LogP contribution in [0.2, 0.25) is 0 Å². The minimum absolute atomic E-state index is 0.402. The summed E-state index contributed by atoms with van der Waals surface area (Å²) in [5, 5.41) is 3.73. The quantitative estimate of drug-likeness (QED) is 0.808. The van der Waals surface area contributed by atoms with Crippen LogP contribution in [0.5, 0.6) is 0 Å². The molecular weight excluding hydrogens is 256 g/mol. The average molecular weight is 290 g/mol. The molecule has 0 amide bonds. The number of rotatable bonds is 7. The van der Waals surface area contributed by atoms with Crippen LogP contribution in [0, 0.1) is 26.7 Å². The molecule has 0 saturated carbocycles. The van der Waals surface area contributed by atoms with Crippen LogP contribution >= 0.6 is 0 Å². The van der Waals surface area contributed by atoms with Gasteiger partial charge in [0, 0.05) is 18.6 Å². The molecule has 0 aliphatic heterocycles. The summed E-state index contributed by atoms with van der Waals surface area (Å²) < 4.78 is 0. The van der Waals surface area contributed by atoms with Crippen LogP contribution in [0.1, 0.15) is 55.5 Å². The zero-order valence-electron chi connectivity index (χ0n) is 15.2. The number of nitrogens with zero attached hydrogens (tertiary/aromatic N) is 1. The number of benzene rings is 1. The number of hydrogen-bond donors (Lipinski definition) is 1. The van der Waals surface area contributed by atoms with Crippen molar-refractivity contribution in [1.29, 1.82) is 0 Å². The molecule has 0 aromatic heterocycles. The standard InChI is InChI=1S/C19H34N2/c1-13(2)9-18(21(7)8)12-20-17(6)19-11-15(4)14(3)10-16(19)5/h10-11,13,17-18,20H,9,12H2,1-8H3. The highest BCUT2D eigenvalue weighted by Crippen LogP contribution is 2.22. The van der Waals surface area contributed by atoms with Gasteiger partial charge >= 0.3 is 0 Å². The highest BCUT2D eigenvalue weighted by molar-refractivity contribution is 5.38. The van der Waals surface area contributed by atoms with Crippen LogP contribution in [-0.4, -0.2) is 31.6 Å². The fourth-order valence-corrected chi connectivity index (χ4v) is 2.89. The fourth-order valence-electron chi connectivity index (χ4n) is 2.89. The van der Waals surface area contributed by atoms with E-state index < -0.39 is 0 Å². The van der Waals surface area contributed by atoms with Gasteiger partial charge in [-0.15, -0.1) is 0 Å². The molecule has 0 bridgehead atoms. The molecule has 1 rings (SSSR count). The van der Waals surface area contributed by atoms with Crippen molar-refractivity contribution in [2.24, 2.45) is 5.92 Å². The SMILES string of the molecule is Cc1cc(C)c(C(C)NCC(CC(C)C)N(C)C)cc1C. The maximum atomic E-state index is 3.73. The second kappa shape index (κ2) is 7.95. The van der Waals surface area contributed by atoms with Crippen molar-refractivity contribution < 1.29 is 0 Å². The number of likely N-dealkylation sites (N-methyl/N-ethyl adjacent to an activating group) is 1. The molecule has 0 saturated heterocycles. The Bertz CT molecular complexity index is 449. The van der Waals surface area contributed by atoms with Gasteiger partial charge in [-0.25, -0.2) is 0 Å². The van der Waals surface area contributed by atoms with Crippen molar-refractivity contribution in [2.75, 3.05) is 20.6 Å². The van der Waals surface area contributed by atoms with Gasteiger partial charge in [-0.05, 0) is 76.4 Å². The Kier molecular flexibility index (Phi) is 6.89. The molecule has 2 heteroatoms. The predicted molar refractivity (Wildman–Crippen MR) is 94.0 cm³/mol. The van der Waals surface area contributed by atoms with E-state index in [1.54, 1.807) is 0 Å². The first kappa shape index (κ1) is 18.2. The van der Waals surface area contributed by atoms with Crippen molar-refractivity contribution in [1.82, 2.24) is 10.2 Å². The van der Waals surface area contributed by atoms with E-state index in [0.717, 1.165) is 12.5 Å². The summed E-state index contributed by atoms with van der Waals surface area (Å²) in [4.78, 5) is 2.34. The van der Waals surface area contributed by atoms with E-state index in [9.17, 15) is 0 Å². The molecule has 2 atom stereocenters. The van der Waals surface area contributed by atoms with Gasteiger partial charge in [0.2, 0.25) is 0 Å². The lowest BCUT2D eigenvalue weighted by Crippen LogP contribution is -2.39. The first-order valence-corrected chi connectivity index (χ1v) is 8.20. The smallest absolute Gasteiger partial charge is 0.0295 e. The van der Waals surface area contributed by atoms with Crippen molar-refractivity contribution in [3.63, 3.8) is 0 Å². The zero-order valence-corrected chi connectivity index (χ0v) is 15.2. The molecule has 0 fully saturated rings. The average Bonchev–Trinajstić information content (AvgIpc) is 2.37. The Labute approximate surface area is 131 Å². The van der Waals surface area contributed by atoms with Crippen LogP contribution in [-0.2, 0) is 0 Å². The van der Waals surface area contributed by atoms with Crippen molar-refractivity contribution in [3.05, 3.63) is 34.4 Å². The number of hydrogen-bond acceptors (Lipinski definition) is 2. The molecule has 0 aliphatic carbocycles. The topological polar surface area (TPSA) is 15.3 Å². The van der Waals surface area contributed by atoms with Crippen LogP contribution in [0.15, 0.2) is 12.1 Å². The molecule has 0 spiro atoms. The molecule has 1 aromatic rings. The minimum Gasteiger partial charge on any atom is -0.309 e. The highest BCUT2D eigenvalue weighted by Gasteiger charge is 2.16. The maximum Gasteiger partial charge on any atom is 0.0295 e. The second-order valence-corrected chi connectivity index (χ2v) is 7.17. The Morgan fingerprint density at radius 3 is 2.05 bits per heavy atom. The van der Waals surface area contributed by atoms with Crippen molar-refractivity contribution in [2.45, 2.75) is 60.0 Å². The summed E-state index contributed by atoms with van der Waals surface area (Å²) in [5.74, 6) is 0.734. The number of aryl methyl sites for hydroxylation is 3. The molecule has 21 heavy (non-hydrogen) atoms. The Morgan fingerprint density at radius 2 is 1.52 bits per heavy atom. The summed E-state index contributed by atoms with van der Waals surface area (Å²) in [7, 11) is 4.36. The molecule has 2 unspecified atom stereocenters. The monoisotopic (exact) mass is 290 g/mol. The van der Waals surface area contributed by atoms with Crippen molar-refractivity contribution >= 4 is 0 Å². The van der Waals surface area contributed by atoms with Gasteiger partial charge in [-0.3, -0.25) is 0 Å². The maximum absolute atomic E-state index is 3.73. The first-order valence-electron chi connectivity index (χ1n) is 8.20. The fraction of sp³-hybridized carbons (Fsp3) is 0.684. The molecule has 1 N–H and O–H groups in total. The summed E-state index contributed by atoms with van der Waals surface area (Å²) in [6.07, 6.45) is 1.23. The lowest BCUT2D eigenvalue weighted by molar-refractivity contribution is 0.242. The molecule has 1 aromatic carbocycles. The largest absolute Gasteiger partial charge is 0.309 e. The van der Waals surface area contributed by atoms with Gasteiger partial charge in [0.1, 0.15) is 0 Å². The van der Waals surface area contributed by atoms with E-state index in [0.29, 0.717) is 12.1 Å². The molecule has 2 nitrogen and oxygen atoms in total. The lowest BCUT2D eigenvalue weighted by atomic mass is 9.96.